The Labute approximate surface area is 125 Å². The van der Waals surface area contributed by atoms with Crippen LogP contribution in [0.25, 0.3) is 11.0 Å². The Hall–Kier alpha value is -1.86. The van der Waals surface area contributed by atoms with Gasteiger partial charge in [-0.05, 0) is 23.8 Å². The lowest BCUT2D eigenvalue weighted by Crippen LogP contribution is -2.22. The van der Waals surface area contributed by atoms with E-state index in [4.69, 9.17) is 4.74 Å². The average Bonchev–Trinajstić information content (AvgIpc) is 2.97. The predicted molar refractivity (Wildman–Crippen MR) is 80.5 cm³/mol. The molecule has 0 bridgehead atoms. The predicted octanol–water partition coefficient (Wildman–Crippen LogP) is 1.78. The van der Waals surface area contributed by atoms with Crippen molar-refractivity contribution in [1.82, 2.24) is 9.38 Å². The first-order chi connectivity index (χ1) is 9.60. The van der Waals surface area contributed by atoms with E-state index in [-0.39, 0.29) is 11.3 Å². The number of aromatic nitrogens is 2. The molecule has 7 heteroatoms. The number of rotatable bonds is 2. The van der Waals surface area contributed by atoms with Crippen molar-refractivity contribution in [2.45, 2.75) is 0 Å². The van der Waals surface area contributed by atoms with Crippen LogP contribution in [0.4, 0.5) is 0 Å². The van der Waals surface area contributed by atoms with Gasteiger partial charge in [-0.25, -0.2) is 4.98 Å². The number of imidazole rings is 1. The summed E-state index contributed by atoms with van der Waals surface area (Å²) in [5.41, 5.74) is 0.641. The molecular formula is C13H9BrN2O3S. The van der Waals surface area contributed by atoms with E-state index in [0.29, 0.717) is 19.7 Å². The number of nitrogens with zero attached hydrogens (tertiary/aromatic N) is 2. The smallest absolute Gasteiger partial charge is 0.274 e. The Morgan fingerprint density at radius 2 is 2.30 bits per heavy atom. The van der Waals surface area contributed by atoms with Gasteiger partial charge in [-0.2, -0.15) is 0 Å². The zero-order valence-electron chi connectivity index (χ0n) is 10.3. The van der Waals surface area contributed by atoms with E-state index in [9.17, 15) is 9.90 Å². The van der Waals surface area contributed by atoms with E-state index in [2.05, 4.69) is 20.9 Å². The van der Waals surface area contributed by atoms with Crippen molar-refractivity contribution in [3.8, 4) is 11.5 Å². The van der Waals surface area contributed by atoms with Gasteiger partial charge in [0.15, 0.2) is 16.5 Å². The monoisotopic (exact) mass is 352 g/mol. The minimum Gasteiger partial charge on any atom is -0.504 e. The molecule has 0 saturated carbocycles. The Balaban J connectivity index is 2.23. The number of hydrogen-bond acceptors (Lipinski definition) is 5. The van der Waals surface area contributed by atoms with Crippen molar-refractivity contribution < 1.29 is 9.84 Å². The summed E-state index contributed by atoms with van der Waals surface area (Å²) in [4.78, 5) is 16.9. The third-order valence-corrected chi connectivity index (χ3v) is 4.51. The number of thiazole rings is 1. The highest BCUT2D eigenvalue weighted by molar-refractivity contribution is 9.10. The number of benzene rings is 1. The number of aromatic hydroxyl groups is 1. The van der Waals surface area contributed by atoms with Crippen LogP contribution in [0.5, 0.6) is 11.5 Å². The number of fused-ring (bicyclic) bond motifs is 1. The van der Waals surface area contributed by atoms with Gasteiger partial charge in [-0.1, -0.05) is 27.3 Å². The van der Waals surface area contributed by atoms with E-state index in [1.807, 2.05) is 0 Å². The fraction of sp³-hybridized carbons (Fsp3) is 0.0769. The van der Waals surface area contributed by atoms with Gasteiger partial charge in [0.2, 0.25) is 0 Å². The summed E-state index contributed by atoms with van der Waals surface area (Å²) in [7, 11) is 1.48. The second-order valence-electron chi connectivity index (χ2n) is 4.04. The van der Waals surface area contributed by atoms with Crippen LogP contribution in [0.1, 0.15) is 5.56 Å². The molecule has 3 rings (SSSR count). The molecule has 20 heavy (non-hydrogen) atoms. The normalized spacial score (nSPS) is 12.2. The zero-order valence-corrected chi connectivity index (χ0v) is 12.7. The van der Waals surface area contributed by atoms with E-state index in [0.717, 1.165) is 5.56 Å². The van der Waals surface area contributed by atoms with Crippen LogP contribution >= 0.6 is 27.3 Å². The van der Waals surface area contributed by atoms with Crippen molar-refractivity contribution in [2.24, 2.45) is 0 Å². The number of hydrogen-bond donors (Lipinski definition) is 1. The second-order valence-corrected chi connectivity index (χ2v) is 5.90. The van der Waals surface area contributed by atoms with Gasteiger partial charge in [0.1, 0.15) is 0 Å². The van der Waals surface area contributed by atoms with E-state index >= 15 is 0 Å². The molecule has 0 radical (unpaired) electrons. The molecule has 2 heterocycles. The first kappa shape index (κ1) is 13.1. The maximum absolute atomic E-state index is 12.1. The molecular weight excluding hydrogens is 344 g/mol. The van der Waals surface area contributed by atoms with Gasteiger partial charge in [0.25, 0.3) is 5.56 Å². The van der Waals surface area contributed by atoms with Crippen LogP contribution in [-0.4, -0.2) is 21.6 Å². The first-order valence-corrected chi connectivity index (χ1v) is 7.25. The van der Waals surface area contributed by atoms with Crippen molar-refractivity contribution in [3.63, 3.8) is 0 Å². The average molecular weight is 353 g/mol. The lowest BCUT2D eigenvalue weighted by atomic mass is 10.2. The molecule has 2 aromatic heterocycles. The highest BCUT2D eigenvalue weighted by Gasteiger charge is 2.08. The minimum atomic E-state index is -0.110. The Kier molecular flexibility index (Phi) is 3.23. The van der Waals surface area contributed by atoms with Gasteiger partial charge in [0.05, 0.1) is 11.6 Å². The summed E-state index contributed by atoms with van der Waals surface area (Å²) in [5.74, 6) is 0.396. The summed E-state index contributed by atoms with van der Waals surface area (Å²) in [6.45, 7) is 0. The standard InChI is InChI=1S/C13H9BrN2O3S/c1-19-10-4-7(8(14)6-9(10)17)5-11-12(18)16-3-2-15-13(16)20-11/h2-6,17H,1H3/b11-5-. The summed E-state index contributed by atoms with van der Waals surface area (Å²) in [6.07, 6.45) is 4.97. The summed E-state index contributed by atoms with van der Waals surface area (Å²) >= 11 is 4.67. The third kappa shape index (κ3) is 2.08. The molecule has 0 spiro atoms. The molecule has 0 atom stereocenters. The second kappa shape index (κ2) is 4.92. The quantitative estimate of drug-likeness (QED) is 0.763. The molecule has 0 fully saturated rings. The fourth-order valence-electron chi connectivity index (χ4n) is 1.85. The summed E-state index contributed by atoms with van der Waals surface area (Å²) in [5, 5.41) is 9.68. The van der Waals surface area contributed by atoms with Gasteiger partial charge in [0, 0.05) is 16.9 Å². The van der Waals surface area contributed by atoms with E-state index < -0.39 is 0 Å². The molecule has 3 aromatic rings. The highest BCUT2D eigenvalue weighted by atomic mass is 79.9. The lowest BCUT2D eigenvalue weighted by molar-refractivity contribution is 0.373. The molecule has 1 N–H and O–H groups in total. The number of phenols is 1. The first-order valence-electron chi connectivity index (χ1n) is 5.64. The number of phenolic OH excluding ortho intramolecular Hbond substituents is 1. The van der Waals surface area contributed by atoms with Crippen molar-refractivity contribution >= 4 is 38.3 Å². The van der Waals surface area contributed by atoms with Crippen LogP contribution in [-0.2, 0) is 0 Å². The fourth-order valence-corrected chi connectivity index (χ4v) is 3.22. The van der Waals surface area contributed by atoms with Crippen LogP contribution in [0.15, 0.2) is 33.8 Å². The SMILES string of the molecule is COc1cc(/C=c2\sc3nccn3c2=O)c(Br)cc1O. The van der Waals surface area contributed by atoms with Crippen LogP contribution in [0.3, 0.4) is 0 Å². The van der Waals surface area contributed by atoms with Crippen LogP contribution in [0.2, 0.25) is 0 Å². The molecule has 0 unspecified atom stereocenters. The van der Waals surface area contributed by atoms with Crippen molar-refractivity contribution in [3.05, 3.63) is 49.4 Å². The molecule has 0 aliphatic carbocycles. The molecule has 0 aliphatic rings. The maximum atomic E-state index is 12.1. The topological polar surface area (TPSA) is 63.8 Å². The summed E-state index contributed by atoms with van der Waals surface area (Å²) in [6, 6.07) is 3.20. The zero-order chi connectivity index (χ0) is 14.3. The third-order valence-electron chi connectivity index (χ3n) is 2.82. The van der Waals surface area contributed by atoms with E-state index in [1.54, 1.807) is 24.5 Å². The van der Waals surface area contributed by atoms with Gasteiger partial charge < -0.3 is 9.84 Å². The Morgan fingerprint density at radius 3 is 3.00 bits per heavy atom. The van der Waals surface area contributed by atoms with Gasteiger partial charge in [-0.15, -0.1) is 0 Å². The van der Waals surface area contributed by atoms with Gasteiger partial charge in [-0.3, -0.25) is 9.20 Å². The molecule has 5 nitrogen and oxygen atoms in total. The molecule has 0 saturated heterocycles. The minimum absolute atomic E-state index is 0.0415. The van der Waals surface area contributed by atoms with Crippen LogP contribution < -0.4 is 14.8 Å². The molecule has 102 valence electrons. The largest absolute Gasteiger partial charge is 0.504 e. The number of halogens is 1. The molecule has 1 aromatic carbocycles. The maximum Gasteiger partial charge on any atom is 0.274 e. The number of ether oxygens (including phenoxy) is 1. The highest BCUT2D eigenvalue weighted by Crippen LogP contribution is 2.32. The Morgan fingerprint density at radius 1 is 1.50 bits per heavy atom. The van der Waals surface area contributed by atoms with Crippen molar-refractivity contribution in [2.75, 3.05) is 7.11 Å². The van der Waals surface area contributed by atoms with Crippen LogP contribution in [0, 0.1) is 0 Å². The Bertz CT molecular complexity index is 900. The lowest BCUT2D eigenvalue weighted by Gasteiger charge is -2.05. The summed E-state index contributed by atoms with van der Waals surface area (Å²) < 4.78 is 7.82. The van der Waals surface area contributed by atoms with E-state index in [1.165, 1.54) is 28.9 Å². The number of methoxy groups -OCH3 is 1. The molecule has 0 aliphatic heterocycles. The van der Waals surface area contributed by atoms with Gasteiger partial charge >= 0.3 is 0 Å². The van der Waals surface area contributed by atoms with Crippen molar-refractivity contribution in [1.29, 1.82) is 0 Å². The molecule has 0 amide bonds.